The lowest BCUT2D eigenvalue weighted by Crippen LogP contribution is -2.10. The average Bonchev–Trinajstić information content (AvgIpc) is 3.11. The van der Waals surface area contributed by atoms with Gasteiger partial charge in [0, 0.05) is 34.2 Å². The molecule has 4 heteroatoms. The Bertz CT molecular complexity index is 978. The van der Waals surface area contributed by atoms with Crippen LogP contribution >= 0.6 is 0 Å². The van der Waals surface area contributed by atoms with E-state index in [0.29, 0.717) is 11.3 Å². The zero-order chi connectivity index (χ0) is 14.4. The van der Waals surface area contributed by atoms with Gasteiger partial charge in [0.2, 0.25) is 0 Å². The molecule has 2 aromatic heterocycles. The van der Waals surface area contributed by atoms with Crippen LogP contribution in [0.2, 0.25) is 0 Å². The molecule has 0 fully saturated rings. The second-order valence-electron chi connectivity index (χ2n) is 5.02. The number of aromatic nitrogens is 2. The van der Waals surface area contributed by atoms with Crippen LogP contribution in [0.3, 0.4) is 0 Å². The van der Waals surface area contributed by atoms with Crippen LogP contribution in [-0.4, -0.2) is 15.5 Å². The first-order valence-corrected chi connectivity index (χ1v) is 6.72. The average molecular weight is 275 g/mol. The van der Waals surface area contributed by atoms with Crippen molar-refractivity contribution in [3.63, 3.8) is 0 Å². The Balaban J connectivity index is 1.97. The van der Waals surface area contributed by atoms with Gasteiger partial charge in [-0.15, -0.1) is 0 Å². The van der Waals surface area contributed by atoms with Crippen molar-refractivity contribution in [3.8, 4) is 0 Å². The maximum absolute atomic E-state index is 12.9. The normalized spacial score (nSPS) is 11.2. The summed E-state index contributed by atoms with van der Waals surface area (Å²) in [6, 6.07) is 15.2. The Kier molecular flexibility index (Phi) is 2.38. The third-order valence-corrected chi connectivity index (χ3v) is 3.79. The number of benzene rings is 2. The minimum absolute atomic E-state index is 0.0758. The van der Waals surface area contributed by atoms with E-state index in [0.717, 1.165) is 21.8 Å². The maximum Gasteiger partial charge on any atom is 0.263 e. The molecule has 0 radical (unpaired) electrons. The summed E-state index contributed by atoms with van der Waals surface area (Å²) in [6.07, 6.45) is 3.53. The van der Waals surface area contributed by atoms with Crippen molar-refractivity contribution >= 4 is 33.4 Å². The number of para-hydroxylation sites is 1. The number of aromatic amines is 1. The highest BCUT2D eigenvalue weighted by atomic mass is 16.2. The molecule has 0 unspecified atom stereocenters. The predicted octanol–water partition coefficient (Wildman–Crippen LogP) is 3.39. The molecule has 0 aliphatic carbocycles. The quantitative estimate of drug-likeness (QED) is 0.559. The summed E-state index contributed by atoms with van der Waals surface area (Å²) in [5.41, 5.74) is 9.05. The van der Waals surface area contributed by atoms with E-state index in [2.05, 4.69) is 4.98 Å². The zero-order valence-corrected chi connectivity index (χ0v) is 11.2. The molecule has 2 heterocycles. The molecule has 0 aliphatic heterocycles. The number of rotatable bonds is 1. The third-order valence-electron chi connectivity index (χ3n) is 3.79. The summed E-state index contributed by atoms with van der Waals surface area (Å²) in [4.78, 5) is 16.0. The largest absolute Gasteiger partial charge is 0.397 e. The SMILES string of the molecule is Nc1cn(C(=O)c2cccc3[nH]ccc23)c2ccccc12. The Morgan fingerprint density at radius 3 is 2.76 bits per heavy atom. The lowest BCUT2D eigenvalue weighted by molar-refractivity contribution is 0.0966. The molecular formula is C17H13N3O. The van der Waals surface area contributed by atoms with Crippen LogP contribution in [0.4, 0.5) is 5.69 Å². The van der Waals surface area contributed by atoms with E-state index in [1.807, 2.05) is 54.7 Å². The van der Waals surface area contributed by atoms with E-state index < -0.39 is 0 Å². The number of carbonyl (C=O) groups is 1. The number of nitrogen functional groups attached to an aromatic ring is 1. The van der Waals surface area contributed by atoms with E-state index in [-0.39, 0.29) is 5.91 Å². The fourth-order valence-corrected chi connectivity index (χ4v) is 2.78. The molecule has 0 spiro atoms. The molecule has 0 saturated heterocycles. The predicted molar refractivity (Wildman–Crippen MR) is 84.4 cm³/mol. The summed E-state index contributed by atoms with van der Waals surface area (Å²) in [7, 11) is 0. The number of nitrogens with zero attached hydrogens (tertiary/aromatic N) is 1. The number of hydrogen-bond acceptors (Lipinski definition) is 2. The lowest BCUT2D eigenvalue weighted by Gasteiger charge is -2.05. The third kappa shape index (κ3) is 1.66. The van der Waals surface area contributed by atoms with E-state index in [1.54, 1.807) is 10.8 Å². The van der Waals surface area contributed by atoms with Gasteiger partial charge in [-0.25, -0.2) is 0 Å². The second kappa shape index (κ2) is 4.24. The number of anilines is 1. The van der Waals surface area contributed by atoms with Gasteiger partial charge in [-0.2, -0.15) is 0 Å². The molecule has 3 N–H and O–H groups in total. The van der Waals surface area contributed by atoms with E-state index in [1.165, 1.54) is 0 Å². The van der Waals surface area contributed by atoms with Gasteiger partial charge in [-0.1, -0.05) is 24.3 Å². The first kappa shape index (κ1) is 11.8. The maximum atomic E-state index is 12.9. The van der Waals surface area contributed by atoms with E-state index in [9.17, 15) is 4.79 Å². The molecule has 21 heavy (non-hydrogen) atoms. The van der Waals surface area contributed by atoms with Crippen molar-refractivity contribution in [2.45, 2.75) is 0 Å². The van der Waals surface area contributed by atoms with Crippen LogP contribution in [0.5, 0.6) is 0 Å². The summed E-state index contributed by atoms with van der Waals surface area (Å²) in [5.74, 6) is -0.0758. The Morgan fingerprint density at radius 2 is 1.86 bits per heavy atom. The smallest absolute Gasteiger partial charge is 0.263 e. The molecule has 4 nitrogen and oxygen atoms in total. The van der Waals surface area contributed by atoms with Crippen LogP contribution in [-0.2, 0) is 0 Å². The summed E-state index contributed by atoms with van der Waals surface area (Å²) in [5, 5.41) is 1.81. The number of carbonyl (C=O) groups excluding carboxylic acids is 1. The van der Waals surface area contributed by atoms with Crippen molar-refractivity contribution in [2.75, 3.05) is 5.73 Å². The van der Waals surface area contributed by atoms with Crippen molar-refractivity contribution in [1.82, 2.24) is 9.55 Å². The van der Waals surface area contributed by atoms with E-state index in [4.69, 9.17) is 5.73 Å². The molecule has 0 saturated carbocycles. The second-order valence-corrected chi connectivity index (χ2v) is 5.02. The Morgan fingerprint density at radius 1 is 1.00 bits per heavy atom. The molecule has 4 rings (SSSR count). The van der Waals surface area contributed by atoms with Gasteiger partial charge in [-0.3, -0.25) is 9.36 Å². The van der Waals surface area contributed by atoms with Gasteiger partial charge in [0.1, 0.15) is 0 Å². The molecular weight excluding hydrogens is 262 g/mol. The van der Waals surface area contributed by atoms with Crippen LogP contribution in [0.15, 0.2) is 60.9 Å². The van der Waals surface area contributed by atoms with Gasteiger partial charge >= 0.3 is 0 Å². The van der Waals surface area contributed by atoms with Gasteiger partial charge < -0.3 is 10.7 Å². The number of fused-ring (bicyclic) bond motifs is 2. The number of H-pyrrole nitrogens is 1. The molecule has 2 aromatic carbocycles. The molecule has 102 valence electrons. The molecule has 0 amide bonds. The zero-order valence-electron chi connectivity index (χ0n) is 11.2. The standard InChI is InChI=1S/C17H13N3O/c18-14-10-20(16-7-2-1-4-13(14)16)17(21)12-5-3-6-15-11(12)8-9-19-15/h1-10,19H,18H2. The topological polar surface area (TPSA) is 63.8 Å². The van der Waals surface area contributed by atoms with Gasteiger partial charge in [0.05, 0.1) is 11.2 Å². The number of nitrogens with one attached hydrogen (secondary N) is 1. The van der Waals surface area contributed by atoms with Crippen LogP contribution < -0.4 is 5.73 Å². The van der Waals surface area contributed by atoms with E-state index >= 15 is 0 Å². The molecule has 0 bridgehead atoms. The first-order valence-electron chi connectivity index (χ1n) is 6.72. The summed E-state index contributed by atoms with van der Waals surface area (Å²) in [6.45, 7) is 0. The van der Waals surface area contributed by atoms with Crippen molar-refractivity contribution in [3.05, 3.63) is 66.5 Å². The van der Waals surface area contributed by atoms with Gasteiger partial charge in [0.25, 0.3) is 5.91 Å². The lowest BCUT2D eigenvalue weighted by atomic mass is 10.1. The highest BCUT2D eigenvalue weighted by Gasteiger charge is 2.16. The van der Waals surface area contributed by atoms with Gasteiger partial charge in [-0.05, 0) is 24.3 Å². The number of hydrogen-bond donors (Lipinski definition) is 2. The fourth-order valence-electron chi connectivity index (χ4n) is 2.78. The first-order chi connectivity index (χ1) is 10.3. The molecule has 4 aromatic rings. The highest BCUT2D eigenvalue weighted by Crippen LogP contribution is 2.26. The summed E-state index contributed by atoms with van der Waals surface area (Å²) < 4.78 is 1.62. The minimum Gasteiger partial charge on any atom is -0.397 e. The van der Waals surface area contributed by atoms with Crippen LogP contribution in [0, 0.1) is 0 Å². The monoisotopic (exact) mass is 275 g/mol. The fraction of sp³-hybridized carbons (Fsp3) is 0. The Hall–Kier alpha value is -3.01. The molecule has 0 atom stereocenters. The van der Waals surface area contributed by atoms with Crippen LogP contribution in [0.1, 0.15) is 10.4 Å². The Labute approximate surface area is 120 Å². The van der Waals surface area contributed by atoms with Crippen molar-refractivity contribution in [1.29, 1.82) is 0 Å². The van der Waals surface area contributed by atoms with Crippen molar-refractivity contribution in [2.24, 2.45) is 0 Å². The van der Waals surface area contributed by atoms with Crippen LogP contribution in [0.25, 0.3) is 21.8 Å². The summed E-state index contributed by atoms with van der Waals surface area (Å²) >= 11 is 0. The number of nitrogens with two attached hydrogens (primary N) is 1. The van der Waals surface area contributed by atoms with Crippen molar-refractivity contribution < 1.29 is 4.79 Å². The van der Waals surface area contributed by atoms with Gasteiger partial charge in [0.15, 0.2) is 0 Å². The minimum atomic E-state index is -0.0758. The highest BCUT2D eigenvalue weighted by molar-refractivity contribution is 6.11. The molecule has 0 aliphatic rings.